The lowest BCUT2D eigenvalue weighted by molar-refractivity contribution is 0.0694. The highest BCUT2D eigenvalue weighted by Gasteiger charge is 2.16. The van der Waals surface area contributed by atoms with Crippen LogP contribution in [0.3, 0.4) is 0 Å². The summed E-state index contributed by atoms with van der Waals surface area (Å²) >= 11 is 0. The molecule has 5 nitrogen and oxygen atoms in total. The van der Waals surface area contributed by atoms with Crippen LogP contribution in [0.2, 0.25) is 0 Å². The molecule has 5 heteroatoms. The molecule has 2 N–H and O–H groups in total. The maximum absolute atomic E-state index is 11.1. The van der Waals surface area contributed by atoms with Gasteiger partial charge in [-0.25, -0.2) is 14.8 Å². The summed E-state index contributed by atoms with van der Waals surface area (Å²) in [5.74, 6) is -0.583. The number of aromatic nitrogens is 2. The third-order valence-corrected chi connectivity index (χ3v) is 2.63. The van der Waals surface area contributed by atoms with E-state index in [9.17, 15) is 4.79 Å². The second kappa shape index (κ2) is 5.48. The van der Waals surface area contributed by atoms with E-state index in [0.29, 0.717) is 11.6 Å². The number of anilines is 2. The van der Waals surface area contributed by atoms with E-state index < -0.39 is 5.97 Å². The minimum absolute atomic E-state index is 0.0189. The molecule has 0 aliphatic carbocycles. The summed E-state index contributed by atoms with van der Waals surface area (Å²) in [6.07, 6.45) is 1.34. The average Bonchev–Trinajstić information content (AvgIpc) is 2.39. The van der Waals surface area contributed by atoms with Gasteiger partial charge in [-0.3, -0.25) is 0 Å². The molecule has 0 bridgehead atoms. The fourth-order valence-corrected chi connectivity index (χ4v) is 1.71. The average molecular weight is 257 g/mol. The molecule has 2 rings (SSSR count). The topological polar surface area (TPSA) is 75.1 Å². The van der Waals surface area contributed by atoms with Gasteiger partial charge in [0.05, 0.1) is 11.3 Å². The van der Waals surface area contributed by atoms with E-state index in [1.165, 1.54) is 6.20 Å². The lowest BCUT2D eigenvalue weighted by Crippen LogP contribution is -2.10. The van der Waals surface area contributed by atoms with Crippen LogP contribution in [0.25, 0.3) is 0 Å². The number of nitrogens with zero attached hydrogens (tertiary/aromatic N) is 2. The number of hydrogen-bond acceptors (Lipinski definition) is 4. The number of nitrogens with one attached hydrogen (secondary N) is 1. The Bertz CT molecular complexity index is 582. The normalized spacial score (nSPS) is 10.5. The minimum atomic E-state index is -1.00. The zero-order valence-corrected chi connectivity index (χ0v) is 10.8. The first-order valence-corrected chi connectivity index (χ1v) is 6.00. The fraction of sp³-hybridized carbons (Fsp3) is 0.214. The van der Waals surface area contributed by atoms with Crippen molar-refractivity contribution in [1.82, 2.24) is 9.97 Å². The van der Waals surface area contributed by atoms with Gasteiger partial charge in [0, 0.05) is 11.9 Å². The van der Waals surface area contributed by atoms with Gasteiger partial charge in [-0.1, -0.05) is 32.0 Å². The van der Waals surface area contributed by atoms with Crippen LogP contribution in [-0.2, 0) is 0 Å². The Labute approximate surface area is 111 Å². The third kappa shape index (κ3) is 3.07. The zero-order chi connectivity index (χ0) is 13.8. The summed E-state index contributed by atoms with van der Waals surface area (Å²) in [5.41, 5.74) is 1.54. The van der Waals surface area contributed by atoms with E-state index in [1.54, 1.807) is 0 Å². The van der Waals surface area contributed by atoms with Crippen molar-refractivity contribution in [3.63, 3.8) is 0 Å². The Balaban J connectivity index is 2.33. The number of hydrogen-bond donors (Lipinski definition) is 2. The van der Waals surface area contributed by atoms with Crippen molar-refractivity contribution in [2.75, 3.05) is 5.32 Å². The van der Waals surface area contributed by atoms with Crippen LogP contribution in [0.5, 0.6) is 0 Å². The summed E-state index contributed by atoms with van der Waals surface area (Å²) < 4.78 is 0. The lowest BCUT2D eigenvalue weighted by atomic mass is 10.1. The van der Waals surface area contributed by atoms with Crippen LogP contribution >= 0.6 is 0 Å². The maximum atomic E-state index is 11.1. The predicted octanol–water partition coefficient (Wildman–Crippen LogP) is 3.04. The highest BCUT2D eigenvalue weighted by Crippen LogP contribution is 2.19. The van der Waals surface area contributed by atoms with Gasteiger partial charge < -0.3 is 10.4 Å². The van der Waals surface area contributed by atoms with Crippen LogP contribution in [-0.4, -0.2) is 21.0 Å². The molecule has 0 spiro atoms. The molecule has 0 unspecified atom stereocenters. The summed E-state index contributed by atoms with van der Waals surface area (Å²) in [4.78, 5) is 19.4. The number of carboxylic acids is 1. The monoisotopic (exact) mass is 257 g/mol. The molecule has 98 valence electrons. The summed E-state index contributed by atoms with van der Waals surface area (Å²) in [7, 11) is 0. The van der Waals surface area contributed by atoms with Crippen LogP contribution in [0.15, 0.2) is 36.5 Å². The van der Waals surface area contributed by atoms with Gasteiger partial charge in [0.25, 0.3) is 0 Å². The van der Waals surface area contributed by atoms with Crippen molar-refractivity contribution < 1.29 is 9.90 Å². The van der Waals surface area contributed by atoms with Crippen molar-refractivity contribution in [3.05, 3.63) is 47.8 Å². The molecular formula is C14H15N3O2. The van der Waals surface area contributed by atoms with Crippen LogP contribution < -0.4 is 5.32 Å². The molecule has 1 heterocycles. The van der Waals surface area contributed by atoms with Crippen LogP contribution in [0.1, 0.15) is 35.8 Å². The Morgan fingerprint density at radius 2 is 1.95 bits per heavy atom. The number of benzene rings is 1. The molecule has 0 atom stereocenters. The van der Waals surface area contributed by atoms with Gasteiger partial charge in [-0.2, -0.15) is 0 Å². The number of aromatic carboxylic acids is 1. The van der Waals surface area contributed by atoms with E-state index in [4.69, 9.17) is 5.11 Å². The highest BCUT2D eigenvalue weighted by molar-refractivity contribution is 5.88. The van der Waals surface area contributed by atoms with E-state index in [2.05, 4.69) is 15.3 Å². The largest absolute Gasteiger partial charge is 0.478 e. The first-order chi connectivity index (χ1) is 9.08. The van der Waals surface area contributed by atoms with E-state index in [-0.39, 0.29) is 11.5 Å². The number of carbonyl (C=O) groups is 1. The van der Waals surface area contributed by atoms with Gasteiger partial charge in [-0.05, 0) is 18.1 Å². The Morgan fingerprint density at radius 3 is 2.53 bits per heavy atom. The summed E-state index contributed by atoms with van der Waals surface area (Å²) in [6.45, 7) is 3.81. The number of rotatable bonds is 4. The van der Waals surface area contributed by atoms with Crippen molar-refractivity contribution in [3.8, 4) is 0 Å². The molecule has 0 fully saturated rings. The molecule has 0 saturated carbocycles. The Kier molecular flexibility index (Phi) is 3.75. The lowest BCUT2D eigenvalue weighted by Gasteiger charge is -2.11. The summed E-state index contributed by atoms with van der Waals surface area (Å²) in [5, 5.41) is 12.1. The third-order valence-electron chi connectivity index (χ3n) is 2.63. The quantitative estimate of drug-likeness (QED) is 0.880. The molecule has 1 aromatic carbocycles. The molecule has 0 saturated heterocycles. The highest BCUT2D eigenvalue weighted by atomic mass is 16.4. The first-order valence-electron chi connectivity index (χ1n) is 6.00. The van der Waals surface area contributed by atoms with Gasteiger partial charge in [0.15, 0.2) is 0 Å². The minimum Gasteiger partial charge on any atom is -0.478 e. The SMILES string of the molecule is CC(C)c1nc(Nc2ccccc2)ncc1C(=O)O. The molecule has 0 aliphatic rings. The van der Waals surface area contributed by atoms with E-state index in [0.717, 1.165) is 5.69 Å². The molecule has 2 aromatic rings. The van der Waals surface area contributed by atoms with Crippen molar-refractivity contribution in [2.45, 2.75) is 19.8 Å². The Morgan fingerprint density at radius 1 is 1.26 bits per heavy atom. The van der Waals surface area contributed by atoms with Crippen LogP contribution in [0, 0.1) is 0 Å². The zero-order valence-electron chi connectivity index (χ0n) is 10.8. The molecule has 19 heavy (non-hydrogen) atoms. The van der Waals surface area contributed by atoms with Gasteiger partial charge in [0.2, 0.25) is 5.95 Å². The van der Waals surface area contributed by atoms with Crippen molar-refractivity contribution in [2.24, 2.45) is 0 Å². The van der Waals surface area contributed by atoms with Gasteiger partial charge in [0.1, 0.15) is 0 Å². The second-order valence-electron chi connectivity index (χ2n) is 4.44. The standard InChI is InChI=1S/C14H15N3O2/c1-9(2)12-11(13(18)19)8-15-14(17-12)16-10-6-4-3-5-7-10/h3-9H,1-2H3,(H,18,19)(H,15,16,17). The molecule has 0 radical (unpaired) electrons. The van der Waals surface area contributed by atoms with Crippen LogP contribution in [0.4, 0.5) is 11.6 Å². The molecular weight excluding hydrogens is 242 g/mol. The molecule has 1 aromatic heterocycles. The summed E-state index contributed by atoms with van der Waals surface area (Å²) in [6, 6.07) is 9.50. The van der Waals surface area contributed by atoms with Crippen molar-refractivity contribution in [1.29, 1.82) is 0 Å². The van der Waals surface area contributed by atoms with Gasteiger partial charge in [-0.15, -0.1) is 0 Å². The molecule has 0 aliphatic heterocycles. The van der Waals surface area contributed by atoms with E-state index >= 15 is 0 Å². The number of para-hydroxylation sites is 1. The van der Waals surface area contributed by atoms with Gasteiger partial charge >= 0.3 is 5.97 Å². The maximum Gasteiger partial charge on any atom is 0.339 e. The Hall–Kier alpha value is -2.43. The predicted molar refractivity (Wildman–Crippen MR) is 72.8 cm³/mol. The first kappa shape index (κ1) is 13.0. The molecule has 0 amide bonds. The second-order valence-corrected chi connectivity index (χ2v) is 4.44. The van der Waals surface area contributed by atoms with Crippen molar-refractivity contribution >= 4 is 17.6 Å². The fourth-order valence-electron chi connectivity index (χ4n) is 1.71. The number of carboxylic acid groups (broad SMARTS) is 1. The van der Waals surface area contributed by atoms with E-state index in [1.807, 2.05) is 44.2 Å². The smallest absolute Gasteiger partial charge is 0.339 e.